The molecule has 0 aliphatic carbocycles. The summed E-state index contributed by atoms with van der Waals surface area (Å²) in [5.41, 5.74) is 3.73. The predicted octanol–water partition coefficient (Wildman–Crippen LogP) is 12.7. The van der Waals surface area contributed by atoms with E-state index in [2.05, 4.69) is 0 Å². The van der Waals surface area contributed by atoms with Gasteiger partial charge in [-0.1, -0.05) is 121 Å². The Morgan fingerprint density at radius 1 is 0.312 bits per heavy atom. The monoisotopic (exact) mass is 880 g/mol. The second kappa shape index (κ2) is 20.0. The molecular weight excluding hydrogens is 843 g/mol. The fourth-order valence-corrected chi connectivity index (χ4v) is 10.3. The highest BCUT2D eigenvalue weighted by atomic mass is 31.2. The topological polar surface area (TPSA) is 122 Å². The third-order valence-corrected chi connectivity index (χ3v) is 13.9. The lowest BCUT2D eigenvalue weighted by Crippen LogP contribution is -2.10. The minimum Gasteiger partial charge on any atom is -0.438 e. The molecule has 11 heteroatoms. The Kier molecular flexibility index (Phi) is 13.4. The molecular formula is C53H38O9P2. The Morgan fingerprint density at radius 2 is 0.531 bits per heavy atom. The molecule has 0 fully saturated rings. The van der Waals surface area contributed by atoms with Gasteiger partial charge in [0.25, 0.3) is 0 Å². The molecule has 64 heavy (non-hydrogen) atoms. The van der Waals surface area contributed by atoms with Crippen molar-refractivity contribution in [3.8, 4) is 23.0 Å². The molecule has 0 radical (unpaired) electrons. The number of carbonyl (C=O) groups excluding carboxylic acids is 4. The van der Waals surface area contributed by atoms with E-state index in [1.165, 1.54) is 24.3 Å². The molecule has 8 aromatic rings. The maximum atomic E-state index is 15.2. The number of hydrogen-bond acceptors (Lipinski definition) is 9. The Hall–Kier alpha value is -7.70. The van der Waals surface area contributed by atoms with Crippen LogP contribution in [0, 0.1) is 0 Å². The number of carbonyl (C=O) groups is 4. The van der Waals surface area contributed by atoms with Gasteiger partial charge in [0.05, 0.1) is 0 Å². The lowest BCUT2D eigenvalue weighted by atomic mass is 10.0. The largest absolute Gasteiger partial charge is 0.441 e. The zero-order chi connectivity index (χ0) is 44.3. The first-order chi connectivity index (χ1) is 31.2. The van der Waals surface area contributed by atoms with Crippen LogP contribution in [0.5, 0.6) is 23.0 Å². The Morgan fingerprint density at radius 3 is 0.781 bits per heavy atom. The van der Waals surface area contributed by atoms with Crippen molar-refractivity contribution in [3.63, 3.8) is 0 Å². The lowest BCUT2D eigenvalue weighted by Gasteiger charge is -2.25. The first kappa shape index (κ1) is 43.0. The number of benzene rings is 8. The fourth-order valence-electron chi connectivity index (χ4n) is 6.54. The van der Waals surface area contributed by atoms with Gasteiger partial charge in [0, 0.05) is 44.5 Å². The van der Waals surface area contributed by atoms with E-state index in [0.717, 1.165) is 0 Å². The zero-order valence-electron chi connectivity index (χ0n) is 34.1. The first-order valence-electron chi connectivity index (χ1n) is 20.1. The minimum absolute atomic E-state index is 0.145. The highest BCUT2D eigenvalue weighted by molar-refractivity contribution is 7.69. The third-order valence-electron chi connectivity index (χ3n) is 9.80. The van der Waals surface area contributed by atoms with E-state index < -0.39 is 21.9 Å². The standard InChI is InChI=1S/C53H38O9P2/c54-50(38-13-5-1-6-14-38)42-21-29-46(30-22-42)59-63(60-47-31-23-43(24-32-47)51(55)39-15-7-2-8-16-39)37-64(58,61-48-33-25-44(26-34-48)52(56)40-17-9-3-10-18-40)62-49-35-27-45(28-36-49)53(57)41-19-11-4-12-20-41/h1-36H,37H2. The van der Waals surface area contributed by atoms with Crippen LogP contribution in [0.15, 0.2) is 218 Å². The smallest absolute Gasteiger partial charge is 0.438 e. The van der Waals surface area contributed by atoms with E-state index in [1.807, 2.05) is 24.3 Å². The normalized spacial score (nSPS) is 11.0. The van der Waals surface area contributed by atoms with Crippen molar-refractivity contribution < 1.29 is 41.8 Å². The van der Waals surface area contributed by atoms with Crippen molar-refractivity contribution in [1.29, 1.82) is 0 Å². The summed E-state index contributed by atoms with van der Waals surface area (Å²) in [5.74, 6) is -0.253. The van der Waals surface area contributed by atoms with Gasteiger partial charge < -0.3 is 18.1 Å². The van der Waals surface area contributed by atoms with Crippen LogP contribution >= 0.6 is 16.0 Å². The predicted molar refractivity (Wildman–Crippen MR) is 247 cm³/mol. The lowest BCUT2D eigenvalue weighted by molar-refractivity contribution is 0.103. The summed E-state index contributed by atoms with van der Waals surface area (Å²) in [6.45, 7) is 0. The quantitative estimate of drug-likeness (QED) is 0.0612. The number of ketones is 4. The van der Waals surface area contributed by atoms with Gasteiger partial charge in [-0.2, -0.15) is 0 Å². The van der Waals surface area contributed by atoms with Crippen molar-refractivity contribution >= 4 is 39.1 Å². The van der Waals surface area contributed by atoms with Crippen LogP contribution < -0.4 is 18.1 Å². The van der Waals surface area contributed by atoms with Gasteiger partial charge in [-0.15, -0.1) is 0 Å². The first-order valence-corrected chi connectivity index (χ1v) is 23.2. The van der Waals surface area contributed by atoms with Crippen LogP contribution in [0.2, 0.25) is 0 Å². The van der Waals surface area contributed by atoms with E-state index in [4.69, 9.17) is 18.1 Å². The molecule has 0 saturated heterocycles. The summed E-state index contributed by atoms with van der Waals surface area (Å²) in [5, 5.41) is 0. The van der Waals surface area contributed by atoms with Crippen molar-refractivity contribution in [2.24, 2.45) is 0 Å². The van der Waals surface area contributed by atoms with Crippen molar-refractivity contribution in [3.05, 3.63) is 263 Å². The fraction of sp³-hybridized carbons (Fsp3) is 0.0189. The average Bonchev–Trinajstić information content (AvgIpc) is 3.35. The molecule has 0 unspecified atom stereocenters. The van der Waals surface area contributed by atoms with Crippen molar-refractivity contribution in [2.75, 3.05) is 5.90 Å². The van der Waals surface area contributed by atoms with Gasteiger partial charge in [0.1, 0.15) is 23.0 Å². The molecule has 8 rings (SSSR count). The minimum atomic E-state index is -4.32. The van der Waals surface area contributed by atoms with Crippen LogP contribution in [0.3, 0.4) is 0 Å². The summed E-state index contributed by atoms with van der Waals surface area (Å²) in [4.78, 5) is 52.8. The van der Waals surface area contributed by atoms with Gasteiger partial charge in [0.15, 0.2) is 29.0 Å². The molecule has 314 valence electrons. The zero-order valence-corrected chi connectivity index (χ0v) is 35.8. The second-order valence-electron chi connectivity index (χ2n) is 14.3. The van der Waals surface area contributed by atoms with Gasteiger partial charge in [-0.05, 0) is 97.1 Å². The van der Waals surface area contributed by atoms with Gasteiger partial charge in [-0.3, -0.25) is 19.2 Å². The highest BCUT2D eigenvalue weighted by Gasteiger charge is 2.37. The van der Waals surface area contributed by atoms with E-state index in [1.54, 1.807) is 170 Å². The molecule has 0 heterocycles. The maximum absolute atomic E-state index is 15.2. The molecule has 0 atom stereocenters. The summed E-state index contributed by atoms with van der Waals surface area (Å²) in [6.07, 6.45) is 0. The summed E-state index contributed by atoms with van der Waals surface area (Å²) < 4.78 is 40.5. The number of hydrogen-bond donors (Lipinski definition) is 0. The summed E-state index contributed by atoms with van der Waals surface area (Å²) in [7, 11) is -6.53. The maximum Gasteiger partial charge on any atom is 0.441 e. The summed E-state index contributed by atoms with van der Waals surface area (Å²) in [6, 6.07) is 60.8. The number of rotatable bonds is 18. The van der Waals surface area contributed by atoms with E-state index in [9.17, 15) is 19.2 Å². The molecule has 0 N–H and O–H groups in total. The van der Waals surface area contributed by atoms with Gasteiger partial charge in [0.2, 0.25) is 0 Å². The van der Waals surface area contributed by atoms with Crippen LogP contribution in [0.25, 0.3) is 0 Å². The SMILES string of the molecule is O=C(c1ccccc1)c1ccc(OP(CP(=O)(Oc2ccc(C(=O)c3ccccc3)cc2)Oc2ccc(C(=O)c3ccccc3)cc2)Oc2ccc(C(=O)c3ccccc3)cc2)cc1. The third kappa shape index (κ3) is 10.8. The molecule has 0 bridgehead atoms. The molecule has 9 nitrogen and oxygen atoms in total. The Balaban J connectivity index is 1.10. The second-order valence-corrected chi connectivity index (χ2v) is 18.1. The van der Waals surface area contributed by atoms with E-state index in [0.29, 0.717) is 56.0 Å². The molecule has 0 amide bonds. The summed E-state index contributed by atoms with van der Waals surface area (Å²) >= 11 is 0. The van der Waals surface area contributed by atoms with E-state index >= 15 is 4.57 Å². The van der Waals surface area contributed by atoms with Gasteiger partial charge in [-0.25, -0.2) is 4.57 Å². The molecule has 0 aliphatic rings. The van der Waals surface area contributed by atoms with Crippen LogP contribution in [-0.2, 0) is 4.57 Å². The molecule has 0 aliphatic heterocycles. The molecule has 8 aromatic carbocycles. The average molecular weight is 881 g/mol. The van der Waals surface area contributed by atoms with Crippen LogP contribution in [0.1, 0.15) is 63.7 Å². The Bertz CT molecular complexity index is 2710. The van der Waals surface area contributed by atoms with E-state index in [-0.39, 0.29) is 34.6 Å². The Labute approximate surface area is 371 Å². The van der Waals surface area contributed by atoms with Gasteiger partial charge >= 0.3 is 16.0 Å². The molecule has 0 aromatic heterocycles. The van der Waals surface area contributed by atoms with Crippen LogP contribution in [0.4, 0.5) is 0 Å². The highest BCUT2D eigenvalue weighted by Crippen LogP contribution is 2.59. The van der Waals surface area contributed by atoms with Crippen LogP contribution in [-0.4, -0.2) is 29.0 Å². The molecule has 0 saturated carbocycles. The molecule has 0 spiro atoms. The van der Waals surface area contributed by atoms with Crippen molar-refractivity contribution in [2.45, 2.75) is 0 Å². The van der Waals surface area contributed by atoms with Crippen molar-refractivity contribution in [1.82, 2.24) is 0 Å².